The fourth-order valence-corrected chi connectivity index (χ4v) is 5.05. The number of hydrogen-bond acceptors (Lipinski definition) is 8. The predicted molar refractivity (Wildman–Crippen MR) is 115 cm³/mol. The molecule has 8 nitrogen and oxygen atoms in total. The Kier molecular flexibility index (Phi) is 10.1. The second kappa shape index (κ2) is 12.5. The summed E-state index contributed by atoms with van der Waals surface area (Å²) in [6.07, 6.45) is 5.88. The van der Waals surface area contributed by atoms with E-state index in [9.17, 15) is 0 Å². The van der Waals surface area contributed by atoms with Crippen LogP contribution in [-0.4, -0.2) is 120 Å². The van der Waals surface area contributed by atoms with Crippen LogP contribution in [0.5, 0.6) is 0 Å². The molecule has 0 saturated carbocycles. The van der Waals surface area contributed by atoms with Gasteiger partial charge in [0.2, 0.25) is 0 Å². The number of morpholine rings is 3. The molecule has 3 aliphatic heterocycles. The molecule has 2 N–H and O–H groups in total. The molecule has 3 rings (SSSR count). The van der Waals surface area contributed by atoms with E-state index >= 15 is 0 Å². The Morgan fingerprint density at radius 2 is 1.55 bits per heavy atom. The van der Waals surface area contributed by atoms with Crippen molar-refractivity contribution in [2.75, 3.05) is 93.0 Å². The molecule has 0 aliphatic carbocycles. The third kappa shape index (κ3) is 6.11. The third-order valence-corrected chi connectivity index (χ3v) is 6.59. The third-order valence-electron chi connectivity index (χ3n) is 6.59. The zero-order valence-electron chi connectivity index (χ0n) is 18.7. The van der Waals surface area contributed by atoms with Crippen LogP contribution < -0.4 is 10.6 Å². The number of nitrogens with zero attached hydrogens (tertiary/aromatic N) is 3. The minimum absolute atomic E-state index is 0.0611. The Morgan fingerprint density at radius 3 is 2.34 bits per heavy atom. The van der Waals surface area contributed by atoms with E-state index in [1.807, 2.05) is 14.1 Å². The maximum Gasteiger partial charge on any atom is 0.111 e. The van der Waals surface area contributed by atoms with Crippen molar-refractivity contribution in [2.24, 2.45) is 0 Å². The van der Waals surface area contributed by atoms with Crippen LogP contribution >= 0.6 is 0 Å². The van der Waals surface area contributed by atoms with Gasteiger partial charge in [-0.1, -0.05) is 0 Å². The van der Waals surface area contributed by atoms with Gasteiger partial charge in [0.15, 0.2) is 0 Å². The Morgan fingerprint density at radius 1 is 0.828 bits per heavy atom. The van der Waals surface area contributed by atoms with Gasteiger partial charge in [-0.15, -0.1) is 0 Å². The molecule has 0 spiro atoms. The normalized spacial score (nSPS) is 30.6. The topological polar surface area (TPSA) is 61.5 Å². The highest BCUT2D eigenvalue weighted by atomic mass is 16.5. The standard InChI is InChI=1S/C21H43N5O3/c1-22-8-4-3-7-21(24-10-14-27-15-11-24)19-29-17-13-26(21)25-12-16-28-18-20(25)6-5-9-23-2/h20,22-23H,3-19H2,1-2H3. The van der Waals surface area contributed by atoms with Crippen LogP contribution in [0.4, 0.5) is 0 Å². The highest BCUT2D eigenvalue weighted by Crippen LogP contribution is 2.34. The van der Waals surface area contributed by atoms with E-state index in [1.165, 1.54) is 19.3 Å². The molecular formula is C21H43N5O3. The van der Waals surface area contributed by atoms with Crippen molar-refractivity contribution in [2.45, 2.75) is 43.8 Å². The lowest BCUT2D eigenvalue weighted by Crippen LogP contribution is -2.74. The highest BCUT2D eigenvalue weighted by Gasteiger charge is 2.48. The molecule has 0 radical (unpaired) electrons. The van der Waals surface area contributed by atoms with E-state index < -0.39 is 0 Å². The van der Waals surface area contributed by atoms with E-state index in [0.717, 1.165) is 91.8 Å². The van der Waals surface area contributed by atoms with Crippen molar-refractivity contribution in [1.82, 2.24) is 25.6 Å². The number of rotatable bonds is 11. The van der Waals surface area contributed by atoms with Crippen molar-refractivity contribution < 1.29 is 14.2 Å². The number of unbranched alkanes of at least 4 members (excludes halogenated alkanes) is 1. The molecule has 0 bridgehead atoms. The van der Waals surface area contributed by atoms with Crippen molar-refractivity contribution in [3.63, 3.8) is 0 Å². The SMILES string of the molecule is CNCCCCC1(N2CCOCC2)COCCN1N1CCOCC1CCCNC. The molecule has 0 aromatic heterocycles. The molecule has 8 heteroatoms. The van der Waals surface area contributed by atoms with Crippen LogP contribution in [0, 0.1) is 0 Å². The molecule has 170 valence electrons. The number of ether oxygens (including phenoxy) is 3. The molecule has 2 unspecified atom stereocenters. The average Bonchev–Trinajstić information content (AvgIpc) is 2.78. The summed E-state index contributed by atoms with van der Waals surface area (Å²) >= 11 is 0. The first-order valence-corrected chi connectivity index (χ1v) is 11.6. The molecule has 0 aromatic carbocycles. The summed E-state index contributed by atoms with van der Waals surface area (Å²) in [5.41, 5.74) is -0.0611. The maximum absolute atomic E-state index is 6.14. The van der Waals surface area contributed by atoms with Gasteiger partial charge in [0.25, 0.3) is 0 Å². The summed E-state index contributed by atoms with van der Waals surface area (Å²) in [5.74, 6) is 0. The van der Waals surface area contributed by atoms with Gasteiger partial charge in [0.1, 0.15) is 5.66 Å². The zero-order valence-corrected chi connectivity index (χ0v) is 18.7. The summed E-state index contributed by atoms with van der Waals surface area (Å²) in [6, 6.07) is 0.452. The number of nitrogens with one attached hydrogen (secondary N) is 2. The summed E-state index contributed by atoms with van der Waals surface area (Å²) in [5, 5.41) is 11.9. The molecule has 2 atom stereocenters. The van der Waals surface area contributed by atoms with Gasteiger partial charge >= 0.3 is 0 Å². The van der Waals surface area contributed by atoms with Crippen molar-refractivity contribution in [3.8, 4) is 0 Å². The first-order valence-electron chi connectivity index (χ1n) is 11.6. The zero-order chi connectivity index (χ0) is 20.4. The van der Waals surface area contributed by atoms with Gasteiger partial charge in [-0.25, -0.2) is 10.0 Å². The summed E-state index contributed by atoms with van der Waals surface area (Å²) in [6.45, 7) is 10.9. The predicted octanol–water partition coefficient (Wildman–Crippen LogP) is 0.352. The van der Waals surface area contributed by atoms with Gasteiger partial charge in [-0.05, 0) is 59.3 Å². The Labute approximate surface area is 177 Å². The Bertz CT molecular complexity index is 452. The number of hydrogen-bond donors (Lipinski definition) is 2. The minimum Gasteiger partial charge on any atom is -0.379 e. The monoisotopic (exact) mass is 413 g/mol. The quantitative estimate of drug-likeness (QED) is 0.471. The molecule has 3 heterocycles. The van der Waals surface area contributed by atoms with E-state index in [1.54, 1.807) is 0 Å². The molecule has 3 fully saturated rings. The van der Waals surface area contributed by atoms with Crippen molar-refractivity contribution >= 4 is 0 Å². The second-order valence-electron chi connectivity index (χ2n) is 8.46. The van der Waals surface area contributed by atoms with E-state index in [2.05, 4.69) is 25.6 Å². The molecule has 0 aromatic rings. The maximum atomic E-state index is 6.14. The van der Waals surface area contributed by atoms with Gasteiger partial charge in [0, 0.05) is 32.2 Å². The molecule has 3 aliphatic rings. The Balaban J connectivity index is 1.78. The summed E-state index contributed by atoms with van der Waals surface area (Å²) < 4.78 is 17.7. The first kappa shape index (κ1) is 23.3. The van der Waals surface area contributed by atoms with Gasteiger partial charge in [0.05, 0.1) is 39.6 Å². The lowest BCUT2D eigenvalue weighted by molar-refractivity contribution is -0.272. The Hall–Kier alpha value is -0.320. The lowest BCUT2D eigenvalue weighted by Gasteiger charge is -2.59. The van der Waals surface area contributed by atoms with E-state index in [4.69, 9.17) is 14.2 Å². The lowest BCUT2D eigenvalue weighted by atomic mass is 9.97. The fourth-order valence-electron chi connectivity index (χ4n) is 5.05. The average molecular weight is 414 g/mol. The second-order valence-corrected chi connectivity index (χ2v) is 8.46. The van der Waals surface area contributed by atoms with E-state index in [0.29, 0.717) is 6.04 Å². The highest BCUT2D eigenvalue weighted by molar-refractivity contribution is 4.95. The van der Waals surface area contributed by atoms with Gasteiger partial charge in [-0.2, -0.15) is 0 Å². The molecule has 29 heavy (non-hydrogen) atoms. The first-order chi connectivity index (χ1) is 14.3. The molecule has 3 saturated heterocycles. The fraction of sp³-hybridized carbons (Fsp3) is 1.00. The van der Waals surface area contributed by atoms with Crippen molar-refractivity contribution in [1.29, 1.82) is 0 Å². The summed E-state index contributed by atoms with van der Waals surface area (Å²) in [4.78, 5) is 2.65. The van der Waals surface area contributed by atoms with Crippen LogP contribution in [-0.2, 0) is 14.2 Å². The van der Waals surface area contributed by atoms with Crippen LogP contribution in [0.3, 0.4) is 0 Å². The number of hydrazine groups is 1. The molecule has 0 amide bonds. The smallest absolute Gasteiger partial charge is 0.111 e. The van der Waals surface area contributed by atoms with Crippen LogP contribution in [0.2, 0.25) is 0 Å². The van der Waals surface area contributed by atoms with E-state index in [-0.39, 0.29) is 5.66 Å². The summed E-state index contributed by atoms with van der Waals surface area (Å²) in [7, 11) is 4.07. The van der Waals surface area contributed by atoms with Gasteiger partial charge < -0.3 is 24.8 Å². The van der Waals surface area contributed by atoms with Crippen LogP contribution in [0.15, 0.2) is 0 Å². The molecular weight excluding hydrogens is 370 g/mol. The van der Waals surface area contributed by atoms with Crippen molar-refractivity contribution in [3.05, 3.63) is 0 Å². The largest absolute Gasteiger partial charge is 0.379 e. The van der Waals surface area contributed by atoms with Crippen LogP contribution in [0.1, 0.15) is 32.1 Å². The van der Waals surface area contributed by atoms with Gasteiger partial charge in [-0.3, -0.25) is 4.90 Å². The minimum atomic E-state index is -0.0611. The van der Waals surface area contributed by atoms with Crippen LogP contribution in [0.25, 0.3) is 0 Å².